The Balaban J connectivity index is 2.02. The summed E-state index contributed by atoms with van der Waals surface area (Å²) >= 11 is 0. The van der Waals surface area contributed by atoms with Gasteiger partial charge in [0.05, 0.1) is 0 Å². The number of phenols is 1. The molecule has 1 aromatic carbocycles. The quantitative estimate of drug-likeness (QED) is 0.879. The van der Waals surface area contributed by atoms with Crippen LogP contribution in [0.25, 0.3) is 0 Å². The molecular weight excluding hydrogens is 258 g/mol. The standard InChI is InChI=1S/C15H19NO4/c1-15(14(19)20)9-4-10-16(15)13(18)8-7-11-5-2-3-6-12(11)17/h2-3,5-6,17H,4,7-10H2,1H3,(H,19,20). The van der Waals surface area contributed by atoms with Crippen molar-refractivity contribution in [2.24, 2.45) is 0 Å². The van der Waals surface area contributed by atoms with E-state index in [9.17, 15) is 19.8 Å². The average molecular weight is 277 g/mol. The van der Waals surface area contributed by atoms with Crippen LogP contribution in [-0.2, 0) is 16.0 Å². The van der Waals surface area contributed by atoms with E-state index >= 15 is 0 Å². The molecule has 1 amide bonds. The van der Waals surface area contributed by atoms with Gasteiger partial charge in [-0.1, -0.05) is 18.2 Å². The first-order valence-electron chi connectivity index (χ1n) is 6.76. The van der Waals surface area contributed by atoms with Crippen molar-refractivity contribution < 1.29 is 19.8 Å². The smallest absolute Gasteiger partial charge is 0.329 e. The molecule has 20 heavy (non-hydrogen) atoms. The summed E-state index contributed by atoms with van der Waals surface area (Å²) in [6, 6.07) is 6.87. The molecule has 1 saturated heterocycles. The lowest BCUT2D eigenvalue weighted by Gasteiger charge is -2.31. The number of aliphatic carboxylic acids is 1. The zero-order valence-electron chi connectivity index (χ0n) is 11.5. The fraction of sp³-hybridized carbons (Fsp3) is 0.467. The van der Waals surface area contributed by atoms with E-state index in [2.05, 4.69) is 0 Å². The van der Waals surface area contributed by atoms with Crippen LogP contribution in [0.5, 0.6) is 5.75 Å². The summed E-state index contributed by atoms with van der Waals surface area (Å²) in [7, 11) is 0. The molecule has 5 nitrogen and oxygen atoms in total. The van der Waals surface area contributed by atoms with E-state index in [4.69, 9.17) is 0 Å². The zero-order valence-corrected chi connectivity index (χ0v) is 11.5. The Labute approximate surface area is 117 Å². The zero-order chi connectivity index (χ0) is 14.8. The molecule has 1 aliphatic rings. The summed E-state index contributed by atoms with van der Waals surface area (Å²) in [5.41, 5.74) is -0.382. The van der Waals surface area contributed by atoms with Gasteiger partial charge in [0, 0.05) is 13.0 Å². The predicted octanol–water partition coefficient (Wildman–Crippen LogP) is 1.79. The van der Waals surface area contributed by atoms with Gasteiger partial charge in [0.15, 0.2) is 0 Å². The molecule has 2 N–H and O–H groups in total. The third-order valence-electron chi connectivity index (χ3n) is 4.00. The first-order chi connectivity index (χ1) is 9.45. The van der Waals surface area contributed by atoms with Crippen LogP contribution in [0.1, 0.15) is 31.7 Å². The van der Waals surface area contributed by atoms with Gasteiger partial charge in [-0.05, 0) is 37.8 Å². The number of carbonyl (C=O) groups excluding carboxylic acids is 1. The lowest BCUT2D eigenvalue weighted by molar-refractivity contribution is -0.155. The number of nitrogens with zero attached hydrogens (tertiary/aromatic N) is 1. The number of phenolic OH excluding ortho intramolecular Hbond substituents is 1. The molecule has 1 aromatic rings. The Kier molecular flexibility index (Phi) is 3.97. The molecule has 1 heterocycles. The number of carboxylic acid groups (broad SMARTS) is 1. The summed E-state index contributed by atoms with van der Waals surface area (Å²) in [6.45, 7) is 2.09. The molecule has 0 aromatic heterocycles. The second kappa shape index (κ2) is 5.53. The van der Waals surface area contributed by atoms with Gasteiger partial charge in [-0.25, -0.2) is 4.79 Å². The molecule has 0 spiro atoms. The highest BCUT2D eigenvalue weighted by atomic mass is 16.4. The normalized spacial score (nSPS) is 21.9. The van der Waals surface area contributed by atoms with Gasteiger partial charge in [-0.15, -0.1) is 0 Å². The summed E-state index contributed by atoms with van der Waals surface area (Å²) in [4.78, 5) is 25.0. The number of para-hydroxylation sites is 1. The maximum Gasteiger partial charge on any atom is 0.329 e. The second-order valence-electron chi connectivity index (χ2n) is 5.36. The number of carbonyl (C=O) groups is 2. The van der Waals surface area contributed by atoms with Crippen LogP contribution < -0.4 is 0 Å². The molecule has 0 aliphatic carbocycles. The highest BCUT2D eigenvalue weighted by molar-refractivity contribution is 5.87. The Morgan fingerprint density at radius 2 is 2.05 bits per heavy atom. The van der Waals surface area contributed by atoms with E-state index in [0.29, 0.717) is 31.4 Å². The third-order valence-corrected chi connectivity index (χ3v) is 4.00. The minimum atomic E-state index is -1.09. The number of rotatable bonds is 4. The number of hydrogen-bond acceptors (Lipinski definition) is 3. The van der Waals surface area contributed by atoms with Gasteiger partial charge >= 0.3 is 5.97 Å². The van der Waals surface area contributed by atoms with E-state index in [1.165, 1.54) is 4.90 Å². The first kappa shape index (κ1) is 14.4. The van der Waals surface area contributed by atoms with Crippen molar-refractivity contribution in [3.8, 4) is 5.75 Å². The van der Waals surface area contributed by atoms with Crippen molar-refractivity contribution in [2.75, 3.05) is 6.54 Å². The third kappa shape index (κ3) is 2.61. The lowest BCUT2D eigenvalue weighted by Crippen LogP contribution is -2.50. The van der Waals surface area contributed by atoms with Crippen molar-refractivity contribution in [1.82, 2.24) is 4.90 Å². The van der Waals surface area contributed by atoms with Gasteiger partial charge < -0.3 is 15.1 Å². The largest absolute Gasteiger partial charge is 0.508 e. The van der Waals surface area contributed by atoms with Gasteiger partial charge in [-0.2, -0.15) is 0 Å². The van der Waals surface area contributed by atoms with E-state index in [0.717, 1.165) is 0 Å². The average Bonchev–Trinajstić information content (AvgIpc) is 2.81. The highest BCUT2D eigenvalue weighted by Crippen LogP contribution is 2.30. The highest BCUT2D eigenvalue weighted by Gasteiger charge is 2.45. The van der Waals surface area contributed by atoms with Crippen molar-refractivity contribution in [2.45, 2.75) is 38.1 Å². The van der Waals surface area contributed by atoms with Crippen molar-refractivity contribution in [3.05, 3.63) is 29.8 Å². The fourth-order valence-corrected chi connectivity index (χ4v) is 2.68. The van der Waals surface area contributed by atoms with Crippen molar-refractivity contribution >= 4 is 11.9 Å². The van der Waals surface area contributed by atoms with Gasteiger partial charge in [0.25, 0.3) is 0 Å². The van der Waals surface area contributed by atoms with Crippen LogP contribution in [0.2, 0.25) is 0 Å². The number of benzene rings is 1. The summed E-state index contributed by atoms with van der Waals surface area (Å²) < 4.78 is 0. The lowest BCUT2D eigenvalue weighted by atomic mass is 9.98. The van der Waals surface area contributed by atoms with Crippen LogP contribution in [0.3, 0.4) is 0 Å². The van der Waals surface area contributed by atoms with Crippen LogP contribution in [0, 0.1) is 0 Å². The van der Waals surface area contributed by atoms with Crippen LogP contribution in [-0.4, -0.2) is 39.1 Å². The topological polar surface area (TPSA) is 77.8 Å². The molecule has 2 rings (SSSR count). The molecule has 5 heteroatoms. The molecule has 0 bridgehead atoms. The monoisotopic (exact) mass is 277 g/mol. The summed E-state index contributed by atoms with van der Waals surface area (Å²) in [6.07, 6.45) is 1.83. The minimum Gasteiger partial charge on any atom is -0.508 e. The number of aromatic hydroxyl groups is 1. The maximum absolute atomic E-state index is 12.2. The van der Waals surface area contributed by atoms with Crippen LogP contribution in [0.4, 0.5) is 0 Å². The van der Waals surface area contributed by atoms with Crippen molar-refractivity contribution in [1.29, 1.82) is 0 Å². The van der Waals surface area contributed by atoms with Gasteiger partial charge in [-0.3, -0.25) is 4.79 Å². The minimum absolute atomic E-state index is 0.169. The molecule has 0 radical (unpaired) electrons. The molecule has 108 valence electrons. The predicted molar refractivity (Wildman–Crippen MR) is 73.4 cm³/mol. The number of aryl methyl sites for hydroxylation is 1. The molecule has 1 aliphatic heterocycles. The van der Waals surface area contributed by atoms with Gasteiger partial charge in [0.2, 0.25) is 5.91 Å². The van der Waals surface area contributed by atoms with E-state index in [1.807, 2.05) is 0 Å². The number of likely N-dealkylation sites (tertiary alicyclic amines) is 1. The van der Waals surface area contributed by atoms with Crippen molar-refractivity contribution in [3.63, 3.8) is 0 Å². The maximum atomic E-state index is 12.2. The summed E-state index contributed by atoms with van der Waals surface area (Å²) in [5, 5.41) is 18.9. The SMILES string of the molecule is CC1(C(=O)O)CCCN1C(=O)CCc1ccccc1O. The molecule has 1 atom stereocenters. The second-order valence-corrected chi connectivity index (χ2v) is 5.36. The number of amides is 1. The molecule has 1 fully saturated rings. The Morgan fingerprint density at radius 3 is 2.70 bits per heavy atom. The van der Waals surface area contributed by atoms with Crippen LogP contribution >= 0.6 is 0 Å². The molecular formula is C15H19NO4. The van der Waals surface area contributed by atoms with Crippen LogP contribution in [0.15, 0.2) is 24.3 Å². The molecule has 0 saturated carbocycles. The van der Waals surface area contributed by atoms with E-state index < -0.39 is 11.5 Å². The number of carboxylic acids is 1. The first-order valence-corrected chi connectivity index (χ1v) is 6.76. The number of hydrogen-bond donors (Lipinski definition) is 2. The van der Waals surface area contributed by atoms with Gasteiger partial charge in [0.1, 0.15) is 11.3 Å². The summed E-state index contributed by atoms with van der Waals surface area (Å²) in [5.74, 6) is -0.954. The Bertz CT molecular complexity index is 528. The Morgan fingerprint density at radius 1 is 1.35 bits per heavy atom. The van der Waals surface area contributed by atoms with E-state index in [1.54, 1.807) is 31.2 Å². The Hall–Kier alpha value is -2.04. The molecule has 1 unspecified atom stereocenters. The fourth-order valence-electron chi connectivity index (χ4n) is 2.68. The van der Waals surface area contributed by atoms with E-state index in [-0.39, 0.29) is 18.1 Å².